The van der Waals surface area contributed by atoms with Crippen LogP contribution in [0.5, 0.6) is 0 Å². The first kappa shape index (κ1) is 30.2. The second-order valence-corrected chi connectivity index (χ2v) is 12.5. The van der Waals surface area contributed by atoms with E-state index in [2.05, 4.69) is 5.32 Å². The Kier molecular flexibility index (Phi) is 10.2. The van der Waals surface area contributed by atoms with Gasteiger partial charge >= 0.3 is 0 Å². The molecule has 0 unspecified atom stereocenters. The van der Waals surface area contributed by atoms with Crippen molar-refractivity contribution in [3.8, 4) is 0 Å². The molecule has 9 heteroatoms. The van der Waals surface area contributed by atoms with Crippen LogP contribution in [-0.4, -0.2) is 50.0 Å². The lowest BCUT2D eigenvalue weighted by Crippen LogP contribution is -2.54. The number of aryl methyl sites for hydroxylation is 2. The van der Waals surface area contributed by atoms with Gasteiger partial charge in [0.2, 0.25) is 21.8 Å². The SMILES string of the molecule is Cc1cc(C)cc(N(CC(=O)N(Cc2cccc(Cl)c2)[C@@H](Cc2ccccc2)C(=O)NC(C)C)S(C)(=O)=O)c1. The van der Waals surface area contributed by atoms with E-state index >= 15 is 0 Å². The Labute approximate surface area is 236 Å². The highest BCUT2D eigenvalue weighted by molar-refractivity contribution is 7.92. The number of carbonyl (C=O) groups excluding carboxylic acids is 2. The van der Waals surface area contributed by atoms with Crippen molar-refractivity contribution in [1.29, 1.82) is 0 Å². The molecule has 0 saturated heterocycles. The first-order valence-corrected chi connectivity index (χ1v) is 15.0. The van der Waals surface area contributed by atoms with Crippen LogP contribution in [0, 0.1) is 13.8 Å². The van der Waals surface area contributed by atoms with Crippen LogP contribution >= 0.6 is 11.6 Å². The van der Waals surface area contributed by atoms with Crippen molar-refractivity contribution in [3.63, 3.8) is 0 Å². The molecular weight excluding hydrogens is 534 g/mol. The maximum Gasteiger partial charge on any atom is 0.244 e. The third kappa shape index (κ3) is 8.83. The Morgan fingerprint density at radius 2 is 1.51 bits per heavy atom. The molecule has 0 aliphatic rings. The minimum Gasteiger partial charge on any atom is -0.352 e. The smallest absolute Gasteiger partial charge is 0.244 e. The molecule has 0 fully saturated rings. The van der Waals surface area contributed by atoms with Gasteiger partial charge in [-0.05, 0) is 74.2 Å². The van der Waals surface area contributed by atoms with E-state index in [0.29, 0.717) is 10.7 Å². The fraction of sp³-hybridized carbons (Fsp3) is 0.333. The van der Waals surface area contributed by atoms with Gasteiger partial charge in [-0.2, -0.15) is 0 Å². The Morgan fingerprint density at radius 1 is 0.897 bits per heavy atom. The molecule has 0 spiro atoms. The number of hydrogen-bond donors (Lipinski definition) is 1. The lowest BCUT2D eigenvalue weighted by molar-refractivity contribution is -0.140. The summed E-state index contributed by atoms with van der Waals surface area (Å²) < 4.78 is 26.9. The van der Waals surface area contributed by atoms with E-state index in [1.807, 2.05) is 70.2 Å². The Morgan fingerprint density at radius 3 is 2.08 bits per heavy atom. The summed E-state index contributed by atoms with van der Waals surface area (Å²) in [5.41, 5.74) is 3.75. The molecular formula is C30H36ClN3O4S. The van der Waals surface area contributed by atoms with Crippen LogP contribution in [0.2, 0.25) is 5.02 Å². The Bertz CT molecular complexity index is 1390. The van der Waals surface area contributed by atoms with Crippen molar-refractivity contribution < 1.29 is 18.0 Å². The molecule has 208 valence electrons. The molecule has 0 aliphatic heterocycles. The van der Waals surface area contributed by atoms with Gasteiger partial charge in [-0.1, -0.05) is 60.1 Å². The minimum atomic E-state index is -3.82. The number of anilines is 1. The van der Waals surface area contributed by atoms with Gasteiger partial charge in [0.05, 0.1) is 11.9 Å². The maximum atomic E-state index is 14.1. The lowest BCUT2D eigenvalue weighted by atomic mass is 10.0. The normalized spacial score (nSPS) is 12.2. The Balaban J connectivity index is 2.07. The van der Waals surface area contributed by atoms with Crippen LogP contribution in [0.25, 0.3) is 0 Å². The third-order valence-corrected chi connectivity index (χ3v) is 7.49. The number of nitrogens with zero attached hydrogens (tertiary/aromatic N) is 2. The molecule has 0 bridgehead atoms. The van der Waals surface area contributed by atoms with Crippen molar-refractivity contribution in [2.24, 2.45) is 0 Å². The maximum absolute atomic E-state index is 14.1. The molecule has 2 amide bonds. The standard InChI is InChI=1S/C30H36ClN3O4S/c1-21(2)32-30(36)28(18-24-10-7-6-8-11-24)33(19-25-12-9-13-26(31)17-25)29(35)20-34(39(5,37)38)27-15-22(3)14-23(4)16-27/h6-17,21,28H,18-20H2,1-5H3,(H,32,36)/t28-/m0/s1. The van der Waals surface area contributed by atoms with Gasteiger partial charge in [0.1, 0.15) is 12.6 Å². The summed E-state index contributed by atoms with van der Waals surface area (Å²) in [5.74, 6) is -0.819. The largest absolute Gasteiger partial charge is 0.352 e. The minimum absolute atomic E-state index is 0.0762. The molecule has 3 aromatic rings. The van der Waals surface area contributed by atoms with E-state index in [-0.39, 0.29) is 24.9 Å². The topological polar surface area (TPSA) is 86.8 Å². The quantitative estimate of drug-likeness (QED) is 0.356. The Hall–Kier alpha value is -3.36. The van der Waals surface area contributed by atoms with Gasteiger partial charge in [-0.3, -0.25) is 13.9 Å². The predicted octanol–water partition coefficient (Wildman–Crippen LogP) is 4.89. The second kappa shape index (κ2) is 13.1. The summed E-state index contributed by atoms with van der Waals surface area (Å²) in [6.07, 6.45) is 1.33. The summed E-state index contributed by atoms with van der Waals surface area (Å²) in [4.78, 5) is 29.1. The first-order valence-electron chi connectivity index (χ1n) is 12.8. The van der Waals surface area contributed by atoms with Crippen molar-refractivity contribution >= 4 is 39.1 Å². The number of benzene rings is 3. The van der Waals surface area contributed by atoms with Crippen molar-refractivity contribution in [2.75, 3.05) is 17.1 Å². The van der Waals surface area contributed by atoms with E-state index < -0.39 is 28.5 Å². The number of halogens is 1. The number of hydrogen-bond acceptors (Lipinski definition) is 4. The summed E-state index contributed by atoms with van der Waals surface area (Å²) in [7, 11) is -3.82. The van der Waals surface area contributed by atoms with E-state index in [4.69, 9.17) is 11.6 Å². The van der Waals surface area contributed by atoms with Gasteiger partial charge in [-0.25, -0.2) is 8.42 Å². The highest BCUT2D eigenvalue weighted by atomic mass is 35.5. The number of amides is 2. The zero-order valence-electron chi connectivity index (χ0n) is 23.0. The van der Waals surface area contributed by atoms with Gasteiger partial charge < -0.3 is 10.2 Å². The zero-order chi connectivity index (χ0) is 28.7. The molecule has 0 aromatic heterocycles. The van der Waals surface area contributed by atoms with E-state index in [1.54, 1.807) is 30.3 Å². The number of nitrogens with one attached hydrogen (secondary N) is 1. The molecule has 3 aromatic carbocycles. The van der Waals surface area contributed by atoms with Gasteiger partial charge in [0.25, 0.3) is 0 Å². The summed E-state index contributed by atoms with van der Waals surface area (Å²) in [5, 5.41) is 3.43. The third-order valence-electron chi connectivity index (χ3n) is 6.12. The van der Waals surface area contributed by atoms with Crippen LogP contribution in [-0.2, 0) is 32.6 Å². The molecule has 0 heterocycles. The summed E-state index contributed by atoms with van der Waals surface area (Å²) in [6, 6.07) is 20.9. The predicted molar refractivity (Wildman–Crippen MR) is 157 cm³/mol. The monoisotopic (exact) mass is 569 g/mol. The average molecular weight is 570 g/mol. The molecule has 0 radical (unpaired) electrons. The molecule has 1 N–H and O–H groups in total. The molecule has 1 atom stereocenters. The van der Waals surface area contributed by atoms with Crippen molar-refractivity contribution in [1.82, 2.24) is 10.2 Å². The summed E-state index contributed by atoms with van der Waals surface area (Å²) in [6.45, 7) is 7.07. The molecule has 0 saturated carbocycles. The van der Waals surface area contributed by atoms with E-state index in [1.165, 1.54) is 4.90 Å². The van der Waals surface area contributed by atoms with Crippen LogP contribution in [0.1, 0.15) is 36.1 Å². The van der Waals surface area contributed by atoms with Crippen molar-refractivity contribution in [3.05, 3.63) is 100 Å². The van der Waals surface area contributed by atoms with Crippen LogP contribution in [0.4, 0.5) is 5.69 Å². The number of carbonyl (C=O) groups is 2. The van der Waals surface area contributed by atoms with Crippen LogP contribution in [0.3, 0.4) is 0 Å². The van der Waals surface area contributed by atoms with Gasteiger partial charge in [0.15, 0.2) is 0 Å². The van der Waals surface area contributed by atoms with Crippen LogP contribution < -0.4 is 9.62 Å². The molecule has 0 aliphatic carbocycles. The zero-order valence-corrected chi connectivity index (χ0v) is 24.6. The van der Waals surface area contributed by atoms with Gasteiger partial charge in [-0.15, -0.1) is 0 Å². The highest BCUT2D eigenvalue weighted by Gasteiger charge is 2.33. The number of sulfonamides is 1. The van der Waals surface area contributed by atoms with Crippen LogP contribution in [0.15, 0.2) is 72.8 Å². The first-order chi connectivity index (χ1) is 18.3. The summed E-state index contributed by atoms with van der Waals surface area (Å²) >= 11 is 6.23. The van der Waals surface area contributed by atoms with Crippen molar-refractivity contribution in [2.45, 2.75) is 52.7 Å². The fourth-order valence-electron chi connectivity index (χ4n) is 4.48. The second-order valence-electron chi connectivity index (χ2n) is 10.1. The van der Waals surface area contributed by atoms with Gasteiger partial charge in [0, 0.05) is 24.0 Å². The lowest BCUT2D eigenvalue weighted by Gasteiger charge is -2.34. The van der Waals surface area contributed by atoms with E-state index in [0.717, 1.165) is 32.8 Å². The molecule has 3 rings (SSSR count). The highest BCUT2D eigenvalue weighted by Crippen LogP contribution is 2.23. The van der Waals surface area contributed by atoms with E-state index in [9.17, 15) is 18.0 Å². The average Bonchev–Trinajstić information content (AvgIpc) is 2.83. The molecule has 39 heavy (non-hydrogen) atoms. The fourth-order valence-corrected chi connectivity index (χ4v) is 5.52. The molecule has 7 nitrogen and oxygen atoms in total. The number of rotatable bonds is 11.